The van der Waals surface area contributed by atoms with E-state index in [0.29, 0.717) is 23.8 Å². The molecule has 3 aromatic rings. The van der Waals surface area contributed by atoms with Crippen molar-refractivity contribution in [2.75, 3.05) is 50.9 Å². The summed E-state index contributed by atoms with van der Waals surface area (Å²) in [7, 11) is 1.72. The molecule has 1 spiro atoms. The number of methoxy groups -OCH3 is 1. The van der Waals surface area contributed by atoms with Crippen LogP contribution in [0.5, 0.6) is 5.75 Å². The number of ether oxygens (including phenoxy) is 1. The van der Waals surface area contributed by atoms with Gasteiger partial charge in [0.15, 0.2) is 5.82 Å². The molecule has 0 radical (unpaired) electrons. The van der Waals surface area contributed by atoms with E-state index in [1.807, 2.05) is 4.68 Å². The normalized spacial score (nSPS) is 30.5. The Kier molecular flexibility index (Phi) is 5.51. The lowest BCUT2D eigenvalue weighted by molar-refractivity contribution is 0.144. The smallest absolute Gasteiger partial charge is 0.222 e. The number of rotatable bonds is 8. The van der Waals surface area contributed by atoms with Crippen LogP contribution in [0.4, 0.5) is 16.2 Å². The Morgan fingerprint density at radius 2 is 1.95 bits per heavy atom. The predicted molar refractivity (Wildman–Crippen MR) is 140 cm³/mol. The SMILES string of the molecule is COc1cc(CN2C[C@H]3CNC[C@H]3C2)ccc1Cn1ncc2nc(N)nc(NCC3CC4(C3)CC4F)c21. The lowest BCUT2D eigenvalue weighted by Gasteiger charge is -2.35. The first-order valence-corrected chi connectivity index (χ1v) is 13.5. The van der Waals surface area contributed by atoms with Crippen LogP contribution in [-0.4, -0.2) is 70.7 Å². The molecule has 196 valence electrons. The summed E-state index contributed by atoms with van der Waals surface area (Å²) in [5.74, 6) is 3.79. The molecule has 2 aromatic heterocycles. The van der Waals surface area contributed by atoms with Gasteiger partial charge in [0.1, 0.15) is 23.0 Å². The molecule has 4 aliphatic rings. The fourth-order valence-corrected chi connectivity index (χ4v) is 6.97. The Labute approximate surface area is 216 Å². The van der Waals surface area contributed by atoms with Gasteiger partial charge in [0.25, 0.3) is 0 Å². The first kappa shape index (κ1) is 23.2. The summed E-state index contributed by atoms with van der Waals surface area (Å²) in [6, 6.07) is 6.50. The number of anilines is 2. The average Bonchev–Trinajstić information content (AvgIpc) is 3.18. The second kappa shape index (κ2) is 8.80. The Morgan fingerprint density at radius 1 is 1.16 bits per heavy atom. The Balaban J connectivity index is 1.07. The molecule has 4 fully saturated rings. The number of nitrogens with one attached hydrogen (secondary N) is 2. The lowest BCUT2D eigenvalue weighted by Crippen LogP contribution is -2.32. The molecule has 2 saturated heterocycles. The number of benzene rings is 1. The largest absolute Gasteiger partial charge is 0.496 e. The van der Waals surface area contributed by atoms with E-state index < -0.39 is 6.17 Å². The van der Waals surface area contributed by atoms with Gasteiger partial charge in [-0.1, -0.05) is 12.1 Å². The van der Waals surface area contributed by atoms with Crippen LogP contribution in [0.3, 0.4) is 0 Å². The van der Waals surface area contributed by atoms with E-state index in [2.05, 4.69) is 48.8 Å². The van der Waals surface area contributed by atoms with Crippen LogP contribution in [-0.2, 0) is 13.1 Å². The van der Waals surface area contributed by atoms with Gasteiger partial charge in [0.2, 0.25) is 5.95 Å². The third-order valence-electron chi connectivity index (χ3n) is 9.09. The fourth-order valence-electron chi connectivity index (χ4n) is 6.97. The minimum absolute atomic E-state index is 0.0122. The van der Waals surface area contributed by atoms with Crippen molar-refractivity contribution in [3.05, 3.63) is 35.5 Å². The zero-order chi connectivity index (χ0) is 25.1. The first-order valence-electron chi connectivity index (χ1n) is 13.5. The average molecular weight is 507 g/mol. The van der Waals surface area contributed by atoms with E-state index in [4.69, 9.17) is 10.5 Å². The minimum Gasteiger partial charge on any atom is -0.496 e. The molecule has 1 aromatic carbocycles. The number of hydrogen-bond acceptors (Lipinski definition) is 8. The molecule has 4 heterocycles. The van der Waals surface area contributed by atoms with E-state index in [1.165, 1.54) is 5.56 Å². The maximum absolute atomic E-state index is 13.6. The summed E-state index contributed by atoms with van der Waals surface area (Å²) in [5, 5.41) is 11.6. The second-order valence-electron chi connectivity index (χ2n) is 11.7. The molecule has 4 N–H and O–H groups in total. The number of halogens is 1. The Morgan fingerprint density at radius 3 is 2.68 bits per heavy atom. The minimum atomic E-state index is -0.597. The molecule has 0 amide bonds. The van der Waals surface area contributed by atoms with Gasteiger partial charge in [-0.15, -0.1) is 0 Å². The zero-order valence-corrected chi connectivity index (χ0v) is 21.3. The molecule has 1 unspecified atom stereocenters. The van der Waals surface area contributed by atoms with E-state index in [9.17, 15) is 4.39 Å². The Bertz CT molecular complexity index is 1310. The number of aromatic nitrogens is 4. The summed E-state index contributed by atoms with van der Waals surface area (Å²) in [6.07, 6.45) is 3.76. The van der Waals surface area contributed by atoms with Gasteiger partial charge < -0.3 is 21.1 Å². The van der Waals surface area contributed by atoms with Crippen molar-refractivity contribution in [1.29, 1.82) is 0 Å². The number of nitrogens with zero attached hydrogens (tertiary/aromatic N) is 5. The third-order valence-corrected chi connectivity index (χ3v) is 9.09. The van der Waals surface area contributed by atoms with Crippen molar-refractivity contribution in [1.82, 2.24) is 30.0 Å². The zero-order valence-electron chi connectivity index (χ0n) is 21.3. The number of likely N-dealkylation sites (tertiary alicyclic amines) is 1. The first-order chi connectivity index (χ1) is 18.0. The van der Waals surface area contributed by atoms with E-state index in [0.717, 1.165) is 87.2 Å². The third kappa shape index (κ3) is 4.20. The van der Waals surface area contributed by atoms with Crippen molar-refractivity contribution in [3.63, 3.8) is 0 Å². The standard InChI is InChI=1S/C27H35FN8O/c1-37-22-4-16(12-35-13-19-9-30-10-20(19)14-35)2-3-18(22)15-36-24-21(11-32-36)33-26(29)34-25(24)31-8-17-5-27(6-17)7-23(27)28/h2-4,11,17,19-20,23,30H,5-10,12-15H2,1H3,(H3,29,31,33,34)/t17?,19-,20+,23?,27?. The summed E-state index contributed by atoms with van der Waals surface area (Å²) in [6.45, 7) is 6.84. The number of alkyl halides is 1. The number of nitrogens with two attached hydrogens (primary N) is 1. The number of nitrogen functional groups attached to an aromatic ring is 1. The molecule has 2 saturated carbocycles. The van der Waals surface area contributed by atoms with Gasteiger partial charge in [-0.25, -0.2) is 9.37 Å². The van der Waals surface area contributed by atoms with Gasteiger partial charge in [-0.3, -0.25) is 9.58 Å². The fraction of sp³-hybridized carbons (Fsp3) is 0.593. The molecule has 0 bridgehead atoms. The van der Waals surface area contributed by atoms with Crippen LogP contribution in [0.15, 0.2) is 24.4 Å². The molecule has 10 heteroatoms. The summed E-state index contributed by atoms with van der Waals surface area (Å²) < 4.78 is 21.3. The topological polar surface area (TPSA) is 106 Å². The van der Waals surface area contributed by atoms with Crippen molar-refractivity contribution in [2.24, 2.45) is 23.2 Å². The molecule has 2 aliphatic carbocycles. The summed E-state index contributed by atoms with van der Waals surface area (Å²) in [4.78, 5) is 11.4. The molecular formula is C27H35FN8O. The molecular weight excluding hydrogens is 471 g/mol. The van der Waals surface area contributed by atoms with Crippen LogP contribution in [0.2, 0.25) is 0 Å². The predicted octanol–water partition coefficient (Wildman–Crippen LogP) is 2.67. The highest BCUT2D eigenvalue weighted by Crippen LogP contribution is 2.64. The summed E-state index contributed by atoms with van der Waals surface area (Å²) in [5.41, 5.74) is 9.82. The molecule has 9 nitrogen and oxygen atoms in total. The second-order valence-corrected chi connectivity index (χ2v) is 11.7. The highest BCUT2D eigenvalue weighted by molar-refractivity contribution is 5.86. The lowest BCUT2D eigenvalue weighted by atomic mass is 9.71. The van der Waals surface area contributed by atoms with Crippen molar-refractivity contribution >= 4 is 22.8 Å². The molecule has 37 heavy (non-hydrogen) atoms. The van der Waals surface area contributed by atoms with Crippen LogP contribution >= 0.6 is 0 Å². The molecule has 7 rings (SSSR count). The van der Waals surface area contributed by atoms with Crippen molar-refractivity contribution in [2.45, 2.75) is 38.5 Å². The van der Waals surface area contributed by atoms with E-state index >= 15 is 0 Å². The molecule has 2 aliphatic heterocycles. The van der Waals surface area contributed by atoms with E-state index in [1.54, 1.807) is 13.3 Å². The van der Waals surface area contributed by atoms with Gasteiger partial charge >= 0.3 is 0 Å². The van der Waals surface area contributed by atoms with Gasteiger partial charge in [-0.05, 0) is 61.7 Å². The summed E-state index contributed by atoms with van der Waals surface area (Å²) >= 11 is 0. The number of fused-ring (bicyclic) bond motifs is 2. The highest BCUT2D eigenvalue weighted by atomic mass is 19.1. The number of hydrogen-bond donors (Lipinski definition) is 3. The van der Waals surface area contributed by atoms with Crippen molar-refractivity contribution < 1.29 is 9.13 Å². The Hall–Kier alpha value is -2.98. The monoisotopic (exact) mass is 506 g/mol. The van der Waals surface area contributed by atoms with Crippen LogP contribution in [0.1, 0.15) is 30.4 Å². The maximum atomic E-state index is 13.6. The maximum Gasteiger partial charge on any atom is 0.222 e. The quantitative estimate of drug-likeness (QED) is 0.428. The molecule has 3 atom stereocenters. The van der Waals surface area contributed by atoms with Crippen LogP contribution in [0.25, 0.3) is 11.0 Å². The van der Waals surface area contributed by atoms with Crippen molar-refractivity contribution in [3.8, 4) is 5.75 Å². The van der Waals surface area contributed by atoms with Crippen LogP contribution < -0.4 is 21.1 Å². The van der Waals surface area contributed by atoms with E-state index in [-0.39, 0.29) is 11.4 Å². The van der Waals surface area contributed by atoms with Gasteiger partial charge in [0.05, 0.1) is 19.9 Å². The highest BCUT2D eigenvalue weighted by Gasteiger charge is 2.62. The van der Waals surface area contributed by atoms with Crippen LogP contribution in [0, 0.1) is 23.2 Å². The van der Waals surface area contributed by atoms with Gasteiger partial charge in [-0.2, -0.15) is 10.1 Å². The van der Waals surface area contributed by atoms with Gasteiger partial charge in [0, 0.05) is 37.2 Å².